The van der Waals surface area contributed by atoms with Crippen molar-refractivity contribution in [2.45, 2.75) is 0 Å². The normalized spacial score (nSPS) is 10.4. The van der Waals surface area contributed by atoms with E-state index in [1.807, 2.05) is 0 Å². The molecule has 0 fully saturated rings. The Balaban J connectivity index is 2.57. The second-order valence-electron chi connectivity index (χ2n) is 3.05. The number of nitrogens with two attached hydrogens (primary N) is 1. The Bertz CT molecular complexity index is 526. The van der Waals surface area contributed by atoms with E-state index in [1.54, 1.807) is 0 Å². The van der Waals surface area contributed by atoms with Gasteiger partial charge in [-0.25, -0.2) is 23.1 Å². The van der Waals surface area contributed by atoms with Crippen LogP contribution in [0.3, 0.4) is 0 Å². The molecule has 1 aromatic heterocycles. The molecule has 0 atom stereocenters. The Morgan fingerprint density at radius 3 is 2.19 bits per heavy atom. The minimum Gasteiger partial charge on any atom is -0.368 e. The predicted molar refractivity (Wildman–Crippen MR) is 51.8 cm³/mol. The molecule has 0 radical (unpaired) electrons. The summed E-state index contributed by atoms with van der Waals surface area (Å²) in [5.74, 6) is -4.01. The van der Waals surface area contributed by atoms with Gasteiger partial charge in [-0.15, -0.1) is 0 Å². The third-order valence-corrected chi connectivity index (χ3v) is 2.02. The fraction of sp³-hybridized carbons (Fsp3) is 0. The summed E-state index contributed by atoms with van der Waals surface area (Å²) in [5.41, 5.74) is 5.36. The maximum Gasteiger partial charge on any atom is 0.219 e. The van der Waals surface area contributed by atoms with Gasteiger partial charge in [-0.3, -0.25) is 0 Å². The molecule has 0 aliphatic heterocycles. The van der Waals surface area contributed by atoms with Crippen molar-refractivity contribution in [3.05, 3.63) is 42.0 Å². The van der Waals surface area contributed by atoms with E-state index < -0.39 is 17.5 Å². The van der Waals surface area contributed by atoms with Crippen LogP contribution in [-0.2, 0) is 0 Å². The molecule has 0 aliphatic carbocycles. The highest BCUT2D eigenvalue weighted by molar-refractivity contribution is 5.62. The van der Waals surface area contributed by atoms with E-state index in [4.69, 9.17) is 5.73 Å². The van der Waals surface area contributed by atoms with Crippen LogP contribution in [-0.4, -0.2) is 9.97 Å². The summed E-state index contributed by atoms with van der Waals surface area (Å²) in [6.07, 6.45) is 2.47. The molecular formula is C10H6F3N3. The number of anilines is 1. The van der Waals surface area contributed by atoms with Gasteiger partial charge in [-0.05, 0) is 12.1 Å². The van der Waals surface area contributed by atoms with E-state index in [9.17, 15) is 13.2 Å². The maximum absolute atomic E-state index is 13.3. The molecule has 0 saturated heterocycles. The van der Waals surface area contributed by atoms with Gasteiger partial charge in [0.05, 0.1) is 0 Å². The lowest BCUT2D eigenvalue weighted by Crippen LogP contribution is -1.97. The highest BCUT2D eigenvalue weighted by Gasteiger charge is 2.14. The van der Waals surface area contributed by atoms with Crippen molar-refractivity contribution in [3.63, 3.8) is 0 Å². The summed E-state index contributed by atoms with van der Waals surface area (Å²) < 4.78 is 39.0. The Kier molecular flexibility index (Phi) is 2.47. The van der Waals surface area contributed by atoms with Crippen LogP contribution in [0.5, 0.6) is 0 Å². The number of rotatable bonds is 1. The molecule has 6 heteroatoms. The number of nitrogens with zero attached hydrogens (tertiary/aromatic N) is 2. The second kappa shape index (κ2) is 3.80. The van der Waals surface area contributed by atoms with Gasteiger partial charge in [0, 0.05) is 23.5 Å². The highest BCUT2D eigenvalue weighted by atomic mass is 19.2. The molecule has 2 rings (SSSR count). The molecule has 16 heavy (non-hydrogen) atoms. The van der Waals surface area contributed by atoms with E-state index in [-0.39, 0.29) is 17.1 Å². The first kappa shape index (κ1) is 10.4. The van der Waals surface area contributed by atoms with E-state index in [0.717, 1.165) is 12.1 Å². The van der Waals surface area contributed by atoms with E-state index in [2.05, 4.69) is 9.97 Å². The average molecular weight is 225 g/mol. The third-order valence-electron chi connectivity index (χ3n) is 2.02. The molecule has 82 valence electrons. The van der Waals surface area contributed by atoms with Gasteiger partial charge in [0.15, 0.2) is 17.5 Å². The van der Waals surface area contributed by atoms with Crippen LogP contribution < -0.4 is 5.73 Å². The zero-order chi connectivity index (χ0) is 11.7. The predicted octanol–water partition coefficient (Wildman–Crippen LogP) is 2.14. The summed E-state index contributed by atoms with van der Waals surface area (Å²) >= 11 is 0. The Morgan fingerprint density at radius 2 is 1.56 bits per heavy atom. The highest BCUT2D eigenvalue weighted by Crippen LogP contribution is 2.24. The Morgan fingerprint density at radius 1 is 0.938 bits per heavy atom. The third kappa shape index (κ3) is 1.69. The Hall–Kier alpha value is -2.11. The van der Waals surface area contributed by atoms with E-state index in [0.29, 0.717) is 0 Å². The molecule has 2 N–H and O–H groups in total. The molecule has 0 amide bonds. The number of nitrogen functional groups attached to an aromatic ring is 1. The minimum atomic E-state index is -1.52. The van der Waals surface area contributed by atoms with Crippen LogP contribution >= 0.6 is 0 Å². The summed E-state index contributed by atoms with van der Waals surface area (Å²) in [6, 6.07) is 1.95. The lowest BCUT2D eigenvalue weighted by atomic mass is 10.1. The van der Waals surface area contributed by atoms with Gasteiger partial charge >= 0.3 is 0 Å². The fourth-order valence-electron chi connectivity index (χ4n) is 1.23. The van der Waals surface area contributed by atoms with Crippen LogP contribution in [0.1, 0.15) is 0 Å². The summed E-state index contributed by atoms with van der Waals surface area (Å²) in [7, 11) is 0. The lowest BCUT2D eigenvalue weighted by molar-refractivity contribution is 0.449. The van der Waals surface area contributed by atoms with Crippen molar-refractivity contribution < 1.29 is 13.2 Å². The number of hydrogen-bond donors (Lipinski definition) is 1. The van der Waals surface area contributed by atoms with Gasteiger partial charge in [0.25, 0.3) is 0 Å². The van der Waals surface area contributed by atoms with Crippen molar-refractivity contribution in [2.75, 3.05) is 5.73 Å². The maximum atomic E-state index is 13.3. The molecule has 3 nitrogen and oxygen atoms in total. The van der Waals surface area contributed by atoms with Gasteiger partial charge in [0.2, 0.25) is 5.95 Å². The van der Waals surface area contributed by atoms with Gasteiger partial charge in [-0.1, -0.05) is 0 Å². The van der Waals surface area contributed by atoms with E-state index >= 15 is 0 Å². The monoisotopic (exact) mass is 225 g/mol. The number of halogens is 3. The number of hydrogen-bond acceptors (Lipinski definition) is 3. The molecule has 0 saturated carbocycles. The molecule has 0 unspecified atom stereocenters. The van der Waals surface area contributed by atoms with Crippen molar-refractivity contribution in [2.24, 2.45) is 0 Å². The SMILES string of the molecule is Nc1ncc(-c2ccc(F)c(F)c2F)cn1. The minimum absolute atomic E-state index is 0.0201. The van der Waals surface area contributed by atoms with Gasteiger partial charge in [0.1, 0.15) is 0 Å². The lowest BCUT2D eigenvalue weighted by Gasteiger charge is -2.04. The first-order valence-corrected chi connectivity index (χ1v) is 4.31. The van der Waals surface area contributed by atoms with Gasteiger partial charge in [-0.2, -0.15) is 0 Å². The second-order valence-corrected chi connectivity index (χ2v) is 3.05. The average Bonchev–Trinajstić information content (AvgIpc) is 2.28. The molecule has 0 spiro atoms. The van der Waals surface area contributed by atoms with Crippen LogP contribution in [0.2, 0.25) is 0 Å². The topological polar surface area (TPSA) is 51.8 Å². The molecule has 1 heterocycles. The molecule has 0 bridgehead atoms. The van der Waals surface area contributed by atoms with Crippen molar-refractivity contribution >= 4 is 5.95 Å². The summed E-state index contributed by atoms with van der Waals surface area (Å²) in [5, 5.41) is 0. The van der Waals surface area contributed by atoms with Crippen molar-refractivity contribution in [1.82, 2.24) is 9.97 Å². The van der Waals surface area contributed by atoms with Gasteiger partial charge < -0.3 is 5.73 Å². The first-order chi connectivity index (χ1) is 7.59. The zero-order valence-electron chi connectivity index (χ0n) is 7.92. The molecule has 0 aliphatic rings. The molecule has 1 aromatic carbocycles. The fourth-order valence-corrected chi connectivity index (χ4v) is 1.23. The van der Waals surface area contributed by atoms with Crippen LogP contribution in [0.4, 0.5) is 19.1 Å². The smallest absolute Gasteiger partial charge is 0.219 e. The van der Waals surface area contributed by atoms with Crippen molar-refractivity contribution in [1.29, 1.82) is 0 Å². The molecule has 2 aromatic rings. The first-order valence-electron chi connectivity index (χ1n) is 4.31. The largest absolute Gasteiger partial charge is 0.368 e. The van der Waals surface area contributed by atoms with E-state index in [1.165, 1.54) is 12.4 Å². The van der Waals surface area contributed by atoms with Crippen LogP contribution in [0, 0.1) is 17.5 Å². The number of aromatic nitrogens is 2. The summed E-state index contributed by atoms with van der Waals surface area (Å²) in [4.78, 5) is 7.27. The van der Waals surface area contributed by atoms with Crippen LogP contribution in [0.25, 0.3) is 11.1 Å². The van der Waals surface area contributed by atoms with Crippen LogP contribution in [0.15, 0.2) is 24.5 Å². The standard InChI is InChI=1S/C10H6F3N3/c11-7-2-1-6(8(12)9(7)13)5-3-15-10(14)16-4-5/h1-4H,(H2,14,15,16). The quantitative estimate of drug-likeness (QED) is 0.756. The van der Waals surface area contributed by atoms with Crippen molar-refractivity contribution in [3.8, 4) is 11.1 Å². The Labute approximate surface area is 88.8 Å². The zero-order valence-corrected chi connectivity index (χ0v) is 7.92. The summed E-state index contributed by atoms with van der Waals surface area (Å²) in [6.45, 7) is 0. The number of benzene rings is 1. The molecular weight excluding hydrogens is 219 g/mol.